The lowest BCUT2D eigenvalue weighted by atomic mass is 10.2. The fourth-order valence-electron chi connectivity index (χ4n) is 3.01. The van der Waals surface area contributed by atoms with Gasteiger partial charge in [0.15, 0.2) is 0 Å². The van der Waals surface area contributed by atoms with E-state index in [1.54, 1.807) is 4.90 Å². The summed E-state index contributed by atoms with van der Waals surface area (Å²) in [5, 5.41) is 4.31. The second kappa shape index (κ2) is 7.84. The van der Waals surface area contributed by atoms with E-state index in [2.05, 4.69) is 10.00 Å². The molecular formula is C18H26N4O3. The zero-order chi connectivity index (χ0) is 17.8. The van der Waals surface area contributed by atoms with Gasteiger partial charge in [0.2, 0.25) is 5.91 Å². The Hall–Kier alpha value is -2.12. The van der Waals surface area contributed by atoms with Crippen LogP contribution in [0.25, 0.3) is 0 Å². The summed E-state index contributed by atoms with van der Waals surface area (Å²) in [5.74, 6) is 1.76. The maximum Gasteiger partial charge on any atom is 0.236 e. The van der Waals surface area contributed by atoms with Crippen LogP contribution in [0.1, 0.15) is 17.1 Å². The molecule has 1 aliphatic heterocycles. The van der Waals surface area contributed by atoms with Gasteiger partial charge >= 0.3 is 0 Å². The van der Waals surface area contributed by atoms with Crippen molar-refractivity contribution in [1.82, 2.24) is 19.6 Å². The molecular weight excluding hydrogens is 320 g/mol. The number of aromatic nitrogens is 2. The number of likely N-dealkylation sites (N-methyl/N-ethyl adjacent to an activating group) is 1. The molecule has 3 rings (SSSR count). The molecule has 3 heterocycles. The zero-order valence-electron chi connectivity index (χ0n) is 15.1. The second-order valence-corrected chi connectivity index (χ2v) is 6.73. The smallest absolute Gasteiger partial charge is 0.236 e. The summed E-state index contributed by atoms with van der Waals surface area (Å²) in [7, 11) is 1.81. The molecule has 25 heavy (non-hydrogen) atoms. The third-order valence-electron chi connectivity index (χ3n) is 4.35. The summed E-state index contributed by atoms with van der Waals surface area (Å²) in [6, 6.07) is 3.83. The molecule has 1 atom stereocenters. The van der Waals surface area contributed by atoms with Crippen molar-refractivity contribution in [2.24, 2.45) is 0 Å². The lowest BCUT2D eigenvalue weighted by molar-refractivity contribution is -0.134. The summed E-state index contributed by atoms with van der Waals surface area (Å²) in [6.45, 7) is 7.67. The number of hydrogen-bond acceptors (Lipinski definition) is 5. The maximum atomic E-state index is 12.5. The Morgan fingerprint density at radius 2 is 2.24 bits per heavy atom. The van der Waals surface area contributed by atoms with Crippen LogP contribution in [-0.2, 0) is 22.6 Å². The van der Waals surface area contributed by atoms with E-state index in [4.69, 9.17) is 9.15 Å². The van der Waals surface area contributed by atoms with E-state index in [1.807, 2.05) is 50.1 Å². The van der Waals surface area contributed by atoms with Crippen LogP contribution in [0.4, 0.5) is 0 Å². The lowest BCUT2D eigenvalue weighted by Gasteiger charge is -2.33. The Kier molecular flexibility index (Phi) is 5.55. The molecule has 0 saturated carbocycles. The van der Waals surface area contributed by atoms with Gasteiger partial charge in [0, 0.05) is 26.3 Å². The molecule has 0 radical (unpaired) electrons. The quantitative estimate of drug-likeness (QED) is 0.792. The van der Waals surface area contributed by atoms with Crippen molar-refractivity contribution in [2.45, 2.75) is 33.0 Å². The van der Waals surface area contributed by atoms with Gasteiger partial charge in [0.05, 0.1) is 38.5 Å². The first-order valence-electron chi connectivity index (χ1n) is 8.62. The van der Waals surface area contributed by atoms with Gasteiger partial charge in [0.1, 0.15) is 11.5 Å². The Morgan fingerprint density at radius 1 is 1.40 bits per heavy atom. The molecule has 0 aliphatic carbocycles. The number of ether oxygens (including phenoxy) is 1. The van der Waals surface area contributed by atoms with Crippen molar-refractivity contribution in [2.75, 3.05) is 33.3 Å². The molecule has 1 fully saturated rings. The van der Waals surface area contributed by atoms with Gasteiger partial charge in [-0.25, -0.2) is 0 Å². The molecule has 0 N–H and O–H groups in total. The van der Waals surface area contributed by atoms with Crippen LogP contribution in [-0.4, -0.2) is 64.9 Å². The number of morpholine rings is 1. The highest BCUT2D eigenvalue weighted by Gasteiger charge is 2.24. The molecule has 1 amide bonds. The summed E-state index contributed by atoms with van der Waals surface area (Å²) in [6.07, 6.45) is 3.90. The highest BCUT2D eigenvalue weighted by molar-refractivity contribution is 5.77. The Bertz CT molecular complexity index is 709. The zero-order valence-corrected chi connectivity index (χ0v) is 15.1. The van der Waals surface area contributed by atoms with Gasteiger partial charge in [-0.15, -0.1) is 0 Å². The number of carbonyl (C=O) groups is 1. The number of amides is 1. The molecule has 2 aromatic rings. The predicted molar refractivity (Wildman–Crippen MR) is 93.1 cm³/mol. The van der Waals surface area contributed by atoms with Crippen molar-refractivity contribution < 1.29 is 13.9 Å². The highest BCUT2D eigenvalue weighted by atomic mass is 16.5. The fraction of sp³-hybridized carbons (Fsp3) is 0.556. The molecule has 1 saturated heterocycles. The third kappa shape index (κ3) is 4.93. The first-order chi connectivity index (χ1) is 12.0. The van der Waals surface area contributed by atoms with Crippen LogP contribution < -0.4 is 0 Å². The second-order valence-electron chi connectivity index (χ2n) is 6.73. The van der Waals surface area contributed by atoms with E-state index in [0.717, 1.165) is 30.2 Å². The van der Waals surface area contributed by atoms with Crippen LogP contribution in [0, 0.1) is 13.8 Å². The number of rotatable bonds is 6. The van der Waals surface area contributed by atoms with Crippen LogP contribution in [0.2, 0.25) is 0 Å². The molecule has 0 unspecified atom stereocenters. The van der Waals surface area contributed by atoms with Gasteiger partial charge in [-0.3, -0.25) is 14.4 Å². The molecule has 136 valence electrons. The number of hydrogen-bond donors (Lipinski definition) is 0. The number of nitrogens with zero attached hydrogens (tertiary/aromatic N) is 4. The van der Waals surface area contributed by atoms with Gasteiger partial charge in [-0.1, -0.05) is 0 Å². The number of carbonyl (C=O) groups excluding carboxylic acids is 1. The topological polar surface area (TPSA) is 63.7 Å². The van der Waals surface area contributed by atoms with Gasteiger partial charge < -0.3 is 14.1 Å². The molecule has 7 nitrogen and oxygen atoms in total. The Morgan fingerprint density at radius 3 is 2.92 bits per heavy atom. The van der Waals surface area contributed by atoms with Crippen molar-refractivity contribution >= 4 is 5.91 Å². The third-order valence-corrected chi connectivity index (χ3v) is 4.35. The number of aryl methyl sites for hydroxylation is 2. The minimum atomic E-state index is 0.0545. The average molecular weight is 346 g/mol. The van der Waals surface area contributed by atoms with Crippen molar-refractivity contribution in [3.63, 3.8) is 0 Å². The van der Waals surface area contributed by atoms with E-state index >= 15 is 0 Å². The summed E-state index contributed by atoms with van der Waals surface area (Å²) >= 11 is 0. The lowest BCUT2D eigenvalue weighted by Crippen LogP contribution is -2.48. The molecule has 0 bridgehead atoms. The number of furan rings is 1. The van der Waals surface area contributed by atoms with Crippen LogP contribution in [0.5, 0.6) is 0 Å². The monoisotopic (exact) mass is 346 g/mol. The van der Waals surface area contributed by atoms with E-state index in [-0.39, 0.29) is 12.0 Å². The van der Waals surface area contributed by atoms with E-state index in [1.165, 1.54) is 0 Å². The van der Waals surface area contributed by atoms with E-state index in [9.17, 15) is 4.79 Å². The minimum Gasteiger partial charge on any atom is -0.464 e. The average Bonchev–Trinajstić information content (AvgIpc) is 3.16. The van der Waals surface area contributed by atoms with E-state index in [0.29, 0.717) is 26.2 Å². The predicted octanol–water partition coefficient (Wildman–Crippen LogP) is 1.45. The normalized spacial score (nSPS) is 18.4. The molecule has 2 aromatic heterocycles. The van der Waals surface area contributed by atoms with E-state index < -0.39 is 0 Å². The Balaban J connectivity index is 1.48. The standard InChI is InChI=1S/C18H26N4O3/c1-14-8-19-22(9-14)12-17-11-21(6-7-24-17)13-18(23)20(3)10-16-5-4-15(2)25-16/h4-5,8-9,17H,6-7,10-13H2,1-3H3/t17-/m1/s1. The molecule has 7 heteroatoms. The molecule has 0 aromatic carbocycles. The largest absolute Gasteiger partial charge is 0.464 e. The van der Waals surface area contributed by atoms with Crippen LogP contribution >= 0.6 is 0 Å². The fourth-order valence-corrected chi connectivity index (χ4v) is 3.01. The minimum absolute atomic E-state index is 0.0545. The molecule has 0 spiro atoms. The summed E-state index contributed by atoms with van der Waals surface area (Å²) < 4.78 is 13.3. The van der Waals surface area contributed by atoms with Crippen LogP contribution in [0.3, 0.4) is 0 Å². The van der Waals surface area contributed by atoms with Crippen molar-refractivity contribution in [3.05, 3.63) is 41.6 Å². The van der Waals surface area contributed by atoms with Crippen molar-refractivity contribution in [1.29, 1.82) is 0 Å². The maximum absolute atomic E-state index is 12.5. The first-order valence-corrected chi connectivity index (χ1v) is 8.62. The Labute approximate surface area is 148 Å². The van der Waals surface area contributed by atoms with Gasteiger partial charge in [-0.05, 0) is 31.5 Å². The SMILES string of the molecule is Cc1cnn(C[C@H]2CN(CC(=O)N(C)Cc3ccc(C)o3)CCO2)c1. The van der Waals surface area contributed by atoms with Crippen molar-refractivity contribution in [3.8, 4) is 0 Å². The molecule has 1 aliphatic rings. The van der Waals surface area contributed by atoms with Gasteiger partial charge in [-0.2, -0.15) is 5.10 Å². The summed E-state index contributed by atoms with van der Waals surface area (Å²) in [5.41, 5.74) is 1.14. The van der Waals surface area contributed by atoms with Gasteiger partial charge in [0.25, 0.3) is 0 Å². The highest BCUT2D eigenvalue weighted by Crippen LogP contribution is 2.11. The van der Waals surface area contributed by atoms with Crippen LogP contribution in [0.15, 0.2) is 28.9 Å². The summed E-state index contributed by atoms with van der Waals surface area (Å²) in [4.78, 5) is 16.3. The first kappa shape index (κ1) is 17.7.